The molecule has 0 atom stereocenters. The van der Waals surface area contributed by atoms with Gasteiger partial charge in [0.05, 0.1) is 6.07 Å². The fourth-order valence-corrected chi connectivity index (χ4v) is 0.991. The summed E-state index contributed by atoms with van der Waals surface area (Å²) in [5, 5.41) is 32.7. The summed E-state index contributed by atoms with van der Waals surface area (Å²) in [5.41, 5.74) is -0.353. The van der Waals surface area contributed by atoms with Gasteiger partial charge in [0.25, 0.3) is 0 Å². The highest BCUT2D eigenvalue weighted by Gasteiger charge is 2.27. The van der Waals surface area contributed by atoms with Gasteiger partial charge in [0.1, 0.15) is 0 Å². The van der Waals surface area contributed by atoms with Gasteiger partial charge in [-0.25, -0.2) is 0 Å². The normalized spacial score (nSPS) is 10.2. The van der Waals surface area contributed by atoms with Crippen LogP contribution in [-0.2, 0) is 0 Å². The highest BCUT2D eigenvalue weighted by atomic mass is 16.6. The predicted molar refractivity (Wildman–Crippen MR) is 45.2 cm³/mol. The molecular formula is C5H2N6O5. The zero-order chi connectivity index (χ0) is 11.7. The van der Waals surface area contributed by atoms with Crippen LogP contribution in [0.2, 0.25) is 0 Å². The lowest BCUT2D eigenvalue weighted by atomic mass is 10.3. The molecule has 11 nitrogen and oxygen atoms in total. The van der Waals surface area contributed by atoms with E-state index in [1.54, 1.807) is 0 Å². The number of aromatic nitrogens is 4. The summed E-state index contributed by atoms with van der Waals surface area (Å²) in [6.45, 7) is 0. The van der Waals surface area contributed by atoms with E-state index in [4.69, 9.17) is 0 Å². The molecule has 2 heterocycles. The lowest BCUT2D eigenvalue weighted by Crippen LogP contribution is -1.91. The van der Waals surface area contributed by atoms with Gasteiger partial charge in [0, 0.05) is 0 Å². The summed E-state index contributed by atoms with van der Waals surface area (Å²) in [5.74, 6) is -1.06. The minimum atomic E-state index is -0.827. The second kappa shape index (κ2) is 3.38. The maximum absolute atomic E-state index is 10.5. The molecule has 0 aliphatic rings. The van der Waals surface area contributed by atoms with E-state index in [1.165, 1.54) is 0 Å². The molecule has 2 aromatic heterocycles. The molecule has 11 heteroatoms. The van der Waals surface area contributed by atoms with Gasteiger partial charge in [0.15, 0.2) is 10.9 Å². The number of nitro groups is 2. The van der Waals surface area contributed by atoms with Crippen molar-refractivity contribution in [2.24, 2.45) is 0 Å². The largest absolute Gasteiger partial charge is 0.444 e. The molecule has 0 spiro atoms. The van der Waals surface area contributed by atoms with Crippen LogP contribution < -0.4 is 0 Å². The predicted octanol–water partition coefficient (Wildman–Crippen LogP) is 0.276. The van der Waals surface area contributed by atoms with Crippen molar-refractivity contribution in [2.45, 2.75) is 0 Å². The Kier molecular flexibility index (Phi) is 2.05. The molecule has 0 aliphatic heterocycles. The summed E-state index contributed by atoms with van der Waals surface area (Å²) >= 11 is 0. The Labute approximate surface area is 85.3 Å². The van der Waals surface area contributed by atoms with Crippen molar-refractivity contribution >= 4 is 11.6 Å². The van der Waals surface area contributed by atoms with Crippen molar-refractivity contribution in [3.63, 3.8) is 0 Å². The van der Waals surface area contributed by atoms with Crippen LogP contribution >= 0.6 is 0 Å². The van der Waals surface area contributed by atoms with Gasteiger partial charge in [-0.1, -0.05) is 5.10 Å². The van der Waals surface area contributed by atoms with Crippen LogP contribution in [-0.4, -0.2) is 30.4 Å². The van der Waals surface area contributed by atoms with E-state index in [0.717, 1.165) is 6.07 Å². The molecule has 0 aromatic carbocycles. The standard InChI is InChI=1S/C5H2N6O5/c12-10(13)3-1-2(6-7-3)4-5(11(14)15)9-16-8-4/h1H,(H,6,7). The lowest BCUT2D eigenvalue weighted by Gasteiger charge is -1.86. The van der Waals surface area contributed by atoms with Gasteiger partial charge >= 0.3 is 11.6 Å². The zero-order valence-corrected chi connectivity index (χ0v) is 7.35. The number of hydrogen-bond acceptors (Lipinski definition) is 8. The van der Waals surface area contributed by atoms with Crippen LogP contribution in [0.4, 0.5) is 11.6 Å². The summed E-state index contributed by atoms with van der Waals surface area (Å²) in [6, 6.07) is 0.993. The van der Waals surface area contributed by atoms with Crippen LogP contribution in [0.15, 0.2) is 10.7 Å². The first-order valence-corrected chi connectivity index (χ1v) is 3.76. The van der Waals surface area contributed by atoms with Gasteiger partial charge in [-0.3, -0.25) is 0 Å². The fourth-order valence-electron chi connectivity index (χ4n) is 0.991. The van der Waals surface area contributed by atoms with Crippen molar-refractivity contribution < 1.29 is 14.5 Å². The van der Waals surface area contributed by atoms with Crippen molar-refractivity contribution in [1.29, 1.82) is 0 Å². The van der Waals surface area contributed by atoms with Crippen LogP contribution in [0.3, 0.4) is 0 Å². The Morgan fingerprint density at radius 2 is 2.00 bits per heavy atom. The maximum atomic E-state index is 10.5. The SMILES string of the molecule is O=[N+]([O-])c1cc(-c2nonc2[N+](=O)[O-])n[nH]1. The molecule has 0 saturated carbocycles. The molecule has 0 aliphatic carbocycles. The Hall–Kier alpha value is -2.85. The second-order valence-corrected chi connectivity index (χ2v) is 2.59. The van der Waals surface area contributed by atoms with E-state index >= 15 is 0 Å². The molecule has 0 saturated heterocycles. The minimum Gasteiger partial charge on any atom is -0.358 e. The Morgan fingerprint density at radius 3 is 2.56 bits per heavy atom. The van der Waals surface area contributed by atoms with Crippen molar-refractivity contribution in [2.75, 3.05) is 0 Å². The van der Waals surface area contributed by atoms with Gasteiger partial charge < -0.3 is 20.2 Å². The molecule has 16 heavy (non-hydrogen) atoms. The quantitative estimate of drug-likeness (QED) is 0.577. The van der Waals surface area contributed by atoms with Crippen molar-refractivity contribution in [3.05, 3.63) is 26.3 Å². The molecule has 0 bridgehead atoms. The Bertz CT molecular complexity index is 557. The molecule has 1 N–H and O–H groups in total. The molecule has 0 amide bonds. The van der Waals surface area contributed by atoms with Crippen molar-refractivity contribution in [3.8, 4) is 11.4 Å². The van der Waals surface area contributed by atoms with Crippen molar-refractivity contribution in [1.82, 2.24) is 20.5 Å². The Morgan fingerprint density at radius 1 is 1.25 bits per heavy atom. The van der Waals surface area contributed by atoms with E-state index < -0.39 is 21.5 Å². The lowest BCUT2D eigenvalue weighted by molar-refractivity contribution is -0.390. The minimum absolute atomic E-state index is 0.0837. The van der Waals surface area contributed by atoms with E-state index in [2.05, 4.69) is 25.1 Å². The van der Waals surface area contributed by atoms with Gasteiger partial charge in [-0.05, 0) is 15.0 Å². The first kappa shape index (κ1) is 9.70. The number of nitrogens with one attached hydrogen (secondary N) is 1. The topological polar surface area (TPSA) is 154 Å². The molecular weight excluding hydrogens is 224 g/mol. The third kappa shape index (κ3) is 1.45. The number of nitrogens with zero attached hydrogens (tertiary/aromatic N) is 5. The molecule has 82 valence electrons. The van der Waals surface area contributed by atoms with Gasteiger partial charge in [0.2, 0.25) is 5.69 Å². The summed E-state index contributed by atoms with van der Waals surface area (Å²) < 4.78 is 4.17. The van der Waals surface area contributed by atoms with E-state index in [0.29, 0.717) is 0 Å². The van der Waals surface area contributed by atoms with Crippen LogP contribution in [0, 0.1) is 20.2 Å². The first-order valence-electron chi connectivity index (χ1n) is 3.76. The van der Waals surface area contributed by atoms with Gasteiger partial charge in [-0.15, -0.1) is 9.73 Å². The third-order valence-corrected chi connectivity index (χ3v) is 1.65. The molecule has 0 unspecified atom stereocenters. The third-order valence-electron chi connectivity index (χ3n) is 1.65. The monoisotopic (exact) mass is 226 g/mol. The van der Waals surface area contributed by atoms with E-state index in [-0.39, 0.29) is 11.4 Å². The average molecular weight is 226 g/mol. The Balaban J connectivity index is 2.46. The first-order chi connectivity index (χ1) is 7.59. The number of aromatic amines is 1. The van der Waals surface area contributed by atoms with Crippen LogP contribution in [0.25, 0.3) is 11.4 Å². The summed E-state index contributed by atoms with van der Waals surface area (Å²) in [7, 11) is 0. The summed E-state index contributed by atoms with van der Waals surface area (Å²) in [4.78, 5) is 19.3. The zero-order valence-electron chi connectivity index (χ0n) is 7.35. The van der Waals surface area contributed by atoms with E-state index in [1.807, 2.05) is 0 Å². The highest BCUT2D eigenvalue weighted by Crippen LogP contribution is 2.25. The number of H-pyrrole nitrogens is 1. The van der Waals surface area contributed by atoms with Crippen LogP contribution in [0.5, 0.6) is 0 Å². The highest BCUT2D eigenvalue weighted by molar-refractivity contribution is 5.63. The van der Waals surface area contributed by atoms with Crippen LogP contribution in [0.1, 0.15) is 0 Å². The second-order valence-electron chi connectivity index (χ2n) is 2.59. The average Bonchev–Trinajstić information content (AvgIpc) is 2.86. The smallest absolute Gasteiger partial charge is 0.358 e. The molecule has 0 fully saturated rings. The summed E-state index contributed by atoms with van der Waals surface area (Å²) in [6.07, 6.45) is 0. The fraction of sp³-hybridized carbons (Fsp3) is 0. The molecule has 0 radical (unpaired) electrons. The molecule has 2 aromatic rings. The van der Waals surface area contributed by atoms with E-state index in [9.17, 15) is 20.2 Å². The molecule has 2 rings (SSSR count). The maximum Gasteiger partial charge on any atom is 0.444 e. The number of rotatable bonds is 3. The number of hydrogen-bond donors (Lipinski definition) is 1. The van der Waals surface area contributed by atoms with Gasteiger partial charge in [-0.2, -0.15) is 0 Å².